The number of aliphatic hydroxyl groups excluding tert-OH is 1. The second-order valence-electron chi connectivity index (χ2n) is 8.02. The Labute approximate surface area is 190 Å². The van der Waals surface area contributed by atoms with Crippen LogP contribution in [0.25, 0.3) is 0 Å². The van der Waals surface area contributed by atoms with E-state index in [-0.39, 0.29) is 18.6 Å². The summed E-state index contributed by atoms with van der Waals surface area (Å²) in [5, 5.41) is 15.4. The van der Waals surface area contributed by atoms with Crippen molar-refractivity contribution in [3.8, 4) is 5.75 Å². The third-order valence-corrected chi connectivity index (χ3v) is 5.46. The van der Waals surface area contributed by atoms with Gasteiger partial charge in [0.1, 0.15) is 18.5 Å². The van der Waals surface area contributed by atoms with Crippen LogP contribution in [0.3, 0.4) is 0 Å². The molecule has 7 heteroatoms. The number of nitrogens with zero attached hydrogens (tertiary/aromatic N) is 1. The molecule has 2 atom stereocenters. The third kappa shape index (κ3) is 6.87. The zero-order chi connectivity index (χ0) is 22.8. The molecule has 0 saturated heterocycles. The molecular weight excluding hydrogens is 406 g/mol. The van der Waals surface area contributed by atoms with Crippen LogP contribution in [0.4, 0.5) is 11.4 Å². The number of aliphatic hydroxyl groups is 1. The van der Waals surface area contributed by atoms with E-state index in [1.807, 2.05) is 49.4 Å². The summed E-state index contributed by atoms with van der Waals surface area (Å²) in [4.78, 5) is 14.8. The number of rotatable bonds is 12. The molecule has 174 valence electrons. The zero-order valence-corrected chi connectivity index (χ0v) is 19.0. The fraction of sp³-hybridized carbons (Fsp3) is 0.480. The van der Waals surface area contributed by atoms with E-state index >= 15 is 0 Å². The number of amides is 1. The first kappa shape index (κ1) is 23.9. The van der Waals surface area contributed by atoms with E-state index in [9.17, 15) is 4.79 Å². The number of nitrogens with one attached hydrogen (secondary N) is 2. The van der Waals surface area contributed by atoms with E-state index in [2.05, 4.69) is 21.6 Å². The van der Waals surface area contributed by atoms with Crippen LogP contribution < -0.4 is 20.3 Å². The molecule has 0 aromatic heterocycles. The van der Waals surface area contributed by atoms with Crippen LogP contribution in [0.5, 0.6) is 5.75 Å². The number of hydrogen-bond acceptors (Lipinski definition) is 6. The van der Waals surface area contributed by atoms with Gasteiger partial charge in [-0.1, -0.05) is 24.3 Å². The van der Waals surface area contributed by atoms with Crippen molar-refractivity contribution in [2.75, 3.05) is 49.7 Å². The van der Waals surface area contributed by atoms with Gasteiger partial charge in [0, 0.05) is 37.8 Å². The van der Waals surface area contributed by atoms with Gasteiger partial charge in [-0.3, -0.25) is 4.79 Å². The maximum atomic E-state index is 12.4. The molecule has 0 saturated carbocycles. The van der Waals surface area contributed by atoms with E-state index in [1.54, 1.807) is 6.92 Å². The Balaban J connectivity index is 1.45. The molecule has 0 spiro atoms. The maximum absolute atomic E-state index is 12.4. The van der Waals surface area contributed by atoms with Crippen LogP contribution in [0.2, 0.25) is 0 Å². The second kappa shape index (κ2) is 12.3. The van der Waals surface area contributed by atoms with Gasteiger partial charge in [0.05, 0.1) is 18.8 Å². The number of carbonyl (C=O) groups excluding carboxylic acids is 1. The Morgan fingerprint density at radius 3 is 2.75 bits per heavy atom. The fourth-order valence-electron chi connectivity index (χ4n) is 3.74. The molecule has 0 radical (unpaired) electrons. The van der Waals surface area contributed by atoms with Gasteiger partial charge in [-0.05, 0) is 50.1 Å². The topological polar surface area (TPSA) is 83.1 Å². The molecule has 32 heavy (non-hydrogen) atoms. The summed E-state index contributed by atoms with van der Waals surface area (Å²) in [6.07, 6.45) is 0.949. The largest absolute Gasteiger partial charge is 0.490 e. The van der Waals surface area contributed by atoms with Gasteiger partial charge in [-0.15, -0.1) is 0 Å². The van der Waals surface area contributed by atoms with Crippen molar-refractivity contribution in [3.63, 3.8) is 0 Å². The lowest BCUT2D eigenvalue weighted by atomic mass is 10.1. The number of ether oxygens (including phenoxy) is 2. The molecule has 1 aliphatic heterocycles. The lowest BCUT2D eigenvalue weighted by Gasteiger charge is -2.31. The van der Waals surface area contributed by atoms with Crippen LogP contribution in [-0.4, -0.2) is 62.6 Å². The third-order valence-electron chi connectivity index (χ3n) is 5.46. The predicted octanol–water partition coefficient (Wildman–Crippen LogP) is 2.83. The number of para-hydroxylation sites is 2. The molecular formula is C25H35N3O4. The number of benzene rings is 2. The highest BCUT2D eigenvalue weighted by molar-refractivity contribution is 5.81. The van der Waals surface area contributed by atoms with E-state index in [1.165, 1.54) is 5.69 Å². The van der Waals surface area contributed by atoms with Gasteiger partial charge in [-0.25, -0.2) is 0 Å². The Kier molecular flexibility index (Phi) is 9.19. The highest BCUT2D eigenvalue weighted by Gasteiger charge is 2.21. The van der Waals surface area contributed by atoms with Crippen molar-refractivity contribution in [2.45, 2.75) is 38.8 Å². The van der Waals surface area contributed by atoms with Gasteiger partial charge in [0.25, 0.3) is 0 Å². The van der Waals surface area contributed by atoms with Gasteiger partial charge in [0.2, 0.25) is 5.91 Å². The zero-order valence-electron chi connectivity index (χ0n) is 19.0. The van der Waals surface area contributed by atoms with Crippen molar-refractivity contribution in [2.24, 2.45) is 0 Å². The van der Waals surface area contributed by atoms with E-state index in [4.69, 9.17) is 14.6 Å². The number of anilines is 2. The maximum Gasteiger partial charge on any atom is 0.249 e. The van der Waals surface area contributed by atoms with Gasteiger partial charge >= 0.3 is 0 Å². The second-order valence-corrected chi connectivity index (χ2v) is 8.02. The van der Waals surface area contributed by atoms with Gasteiger partial charge < -0.3 is 30.1 Å². The lowest BCUT2D eigenvalue weighted by molar-refractivity contribution is -0.133. The first-order valence-corrected chi connectivity index (χ1v) is 11.4. The van der Waals surface area contributed by atoms with Crippen molar-refractivity contribution >= 4 is 17.3 Å². The van der Waals surface area contributed by atoms with E-state index in [0.29, 0.717) is 13.0 Å². The van der Waals surface area contributed by atoms with E-state index in [0.717, 1.165) is 49.7 Å². The molecule has 3 N–H and O–H groups in total. The SMILES string of the molecule is CCO[C@@H](Cc1ccc(NCCCN2CCOc3ccccc32)cc1)C(=O)N[C@H](C)CO. The minimum absolute atomic E-state index is 0.0942. The highest BCUT2D eigenvalue weighted by Crippen LogP contribution is 2.30. The van der Waals surface area contributed by atoms with Crippen molar-refractivity contribution in [3.05, 3.63) is 54.1 Å². The summed E-state index contributed by atoms with van der Waals surface area (Å²) in [5.41, 5.74) is 3.26. The van der Waals surface area contributed by atoms with Gasteiger partial charge in [0.15, 0.2) is 0 Å². The molecule has 1 amide bonds. The first-order chi connectivity index (χ1) is 15.6. The Bertz CT molecular complexity index is 843. The van der Waals surface area contributed by atoms with Crippen LogP contribution in [0.15, 0.2) is 48.5 Å². The minimum atomic E-state index is -0.566. The monoisotopic (exact) mass is 441 g/mol. The molecule has 0 fully saturated rings. The lowest BCUT2D eigenvalue weighted by Crippen LogP contribution is -2.43. The first-order valence-electron chi connectivity index (χ1n) is 11.4. The Morgan fingerprint density at radius 2 is 2.00 bits per heavy atom. The number of carbonyl (C=O) groups is 1. The Hall–Kier alpha value is -2.77. The average molecular weight is 442 g/mol. The smallest absolute Gasteiger partial charge is 0.249 e. The molecule has 2 aromatic rings. The van der Waals surface area contributed by atoms with Crippen molar-refractivity contribution in [1.82, 2.24) is 5.32 Å². The molecule has 1 aliphatic rings. The summed E-state index contributed by atoms with van der Waals surface area (Å²) in [6, 6.07) is 16.0. The molecule has 0 aliphatic carbocycles. The van der Waals surface area contributed by atoms with Crippen LogP contribution in [0.1, 0.15) is 25.8 Å². The standard InChI is InChI=1S/C25H35N3O4/c1-3-31-24(25(30)27-19(2)18-29)17-20-9-11-21(12-10-20)26-13-6-14-28-15-16-32-23-8-5-4-7-22(23)28/h4-5,7-12,19,24,26,29H,3,6,13-18H2,1-2H3,(H,27,30)/t19-,24+/m1/s1. The Morgan fingerprint density at radius 1 is 1.22 bits per heavy atom. The molecule has 0 bridgehead atoms. The molecule has 7 nitrogen and oxygen atoms in total. The number of fused-ring (bicyclic) bond motifs is 1. The summed E-state index contributed by atoms with van der Waals surface area (Å²) in [6.45, 7) is 7.49. The summed E-state index contributed by atoms with van der Waals surface area (Å²) < 4.78 is 11.3. The fourth-order valence-corrected chi connectivity index (χ4v) is 3.74. The highest BCUT2D eigenvalue weighted by atomic mass is 16.5. The summed E-state index contributed by atoms with van der Waals surface area (Å²) in [5.74, 6) is 0.771. The molecule has 0 unspecified atom stereocenters. The molecule has 2 aromatic carbocycles. The average Bonchev–Trinajstić information content (AvgIpc) is 2.82. The number of hydrogen-bond donors (Lipinski definition) is 3. The van der Waals surface area contributed by atoms with Crippen molar-refractivity contribution < 1.29 is 19.4 Å². The van der Waals surface area contributed by atoms with E-state index < -0.39 is 6.10 Å². The normalized spacial score (nSPS) is 14.8. The predicted molar refractivity (Wildman–Crippen MR) is 128 cm³/mol. The quantitative estimate of drug-likeness (QED) is 0.440. The molecule has 1 heterocycles. The van der Waals surface area contributed by atoms with Gasteiger partial charge in [-0.2, -0.15) is 0 Å². The minimum Gasteiger partial charge on any atom is -0.490 e. The summed E-state index contributed by atoms with van der Waals surface area (Å²) >= 11 is 0. The van der Waals surface area contributed by atoms with Crippen LogP contribution >= 0.6 is 0 Å². The summed E-state index contributed by atoms with van der Waals surface area (Å²) in [7, 11) is 0. The van der Waals surface area contributed by atoms with Crippen LogP contribution in [-0.2, 0) is 16.0 Å². The van der Waals surface area contributed by atoms with Crippen molar-refractivity contribution in [1.29, 1.82) is 0 Å². The molecule has 3 rings (SSSR count). The van der Waals surface area contributed by atoms with Crippen LogP contribution in [0, 0.1) is 0 Å².